The average Bonchev–Trinajstić information content (AvgIpc) is 3.42. The molecule has 8 nitrogen and oxygen atoms in total. The Hall–Kier alpha value is -3.34. The molecular formula is C26H34N4O4. The zero-order valence-corrected chi connectivity index (χ0v) is 20.1. The molecule has 0 bridgehead atoms. The number of aromatic nitrogens is 1. The van der Waals surface area contributed by atoms with E-state index in [1.54, 1.807) is 6.07 Å². The minimum atomic E-state index is -0.766. The molecule has 1 fully saturated rings. The maximum Gasteiger partial charge on any atom is 0.224 e. The highest BCUT2D eigenvalue weighted by Gasteiger charge is 2.30. The van der Waals surface area contributed by atoms with Crippen LogP contribution in [0.15, 0.2) is 24.3 Å². The number of rotatable bonds is 12. The number of hydrogen-bond donors (Lipinski definition) is 3. The number of carbonyl (C=O) groups is 3. The van der Waals surface area contributed by atoms with E-state index in [1.807, 2.05) is 39.0 Å². The molecule has 8 heteroatoms. The fraction of sp³-hybridized carbons (Fsp3) is 0.538. The Morgan fingerprint density at radius 1 is 1.32 bits per heavy atom. The lowest BCUT2D eigenvalue weighted by Gasteiger charge is -2.21. The highest BCUT2D eigenvalue weighted by atomic mass is 16.5. The molecule has 2 heterocycles. The predicted octanol–water partition coefficient (Wildman–Crippen LogP) is 3.73. The predicted molar refractivity (Wildman–Crippen MR) is 129 cm³/mol. The third-order valence-corrected chi connectivity index (χ3v) is 6.10. The molecule has 0 unspecified atom stereocenters. The number of hydrogen-bond acceptors (Lipinski definition) is 5. The molecule has 2 amide bonds. The smallest absolute Gasteiger partial charge is 0.224 e. The van der Waals surface area contributed by atoms with Gasteiger partial charge in [-0.25, -0.2) is 0 Å². The molecule has 3 rings (SSSR count). The number of Topliss-reactive ketones (excluding diaryl/α,β-unsaturated/α-hetero) is 1. The van der Waals surface area contributed by atoms with E-state index in [0.717, 1.165) is 23.1 Å². The number of amides is 2. The van der Waals surface area contributed by atoms with Crippen LogP contribution in [0.4, 0.5) is 0 Å². The van der Waals surface area contributed by atoms with Crippen LogP contribution < -0.4 is 15.4 Å². The summed E-state index contributed by atoms with van der Waals surface area (Å²) in [6.07, 6.45) is 2.37. The van der Waals surface area contributed by atoms with Crippen LogP contribution in [0.25, 0.3) is 10.9 Å². The largest absolute Gasteiger partial charge is 0.493 e. The fourth-order valence-corrected chi connectivity index (χ4v) is 4.39. The van der Waals surface area contributed by atoms with Crippen LogP contribution >= 0.6 is 0 Å². The molecule has 34 heavy (non-hydrogen) atoms. The van der Waals surface area contributed by atoms with Gasteiger partial charge in [0.2, 0.25) is 11.8 Å². The number of benzene rings is 1. The first kappa shape index (κ1) is 25.3. The number of fused-ring (bicyclic) bond motifs is 1. The fourth-order valence-electron chi connectivity index (χ4n) is 4.39. The minimum Gasteiger partial charge on any atom is -0.493 e. The van der Waals surface area contributed by atoms with Gasteiger partial charge in [0.1, 0.15) is 11.8 Å². The lowest BCUT2D eigenvalue weighted by molar-refractivity contribution is -0.127. The highest BCUT2D eigenvalue weighted by Crippen LogP contribution is 2.28. The van der Waals surface area contributed by atoms with Crippen molar-refractivity contribution < 1.29 is 19.1 Å². The maximum atomic E-state index is 13.1. The van der Waals surface area contributed by atoms with Crippen LogP contribution in [-0.2, 0) is 9.59 Å². The van der Waals surface area contributed by atoms with Crippen LogP contribution in [-0.4, -0.2) is 41.8 Å². The molecule has 0 spiro atoms. The Morgan fingerprint density at radius 3 is 2.76 bits per heavy atom. The third kappa shape index (κ3) is 6.37. The standard InChI is InChI=1S/C26H34N4O4/c1-4-10-34-24-7-5-6-21-20(24)14-22(30-21)23(31)13-18(11-16(2)3)26(33)29-19(15-27)12-17-8-9-28-25(17)32/h5-7,14,16-19,30H,4,8-13H2,1-3H3,(H,28,32)(H,29,33)/t17-,18+,19-/m0/s1. The molecule has 3 atom stereocenters. The number of H-pyrrole nitrogens is 1. The zero-order chi connectivity index (χ0) is 24.7. The summed E-state index contributed by atoms with van der Waals surface area (Å²) < 4.78 is 5.80. The first-order valence-electron chi connectivity index (χ1n) is 12.1. The van der Waals surface area contributed by atoms with Gasteiger partial charge in [-0.3, -0.25) is 14.4 Å². The highest BCUT2D eigenvalue weighted by molar-refractivity contribution is 6.02. The molecule has 0 radical (unpaired) electrons. The first-order valence-corrected chi connectivity index (χ1v) is 12.1. The SMILES string of the molecule is CCCOc1cccc2[nH]c(C(=O)C[C@@H](CC(C)C)C(=O)N[C@H](C#N)C[C@@H]3CCNC3=O)cc12. The lowest BCUT2D eigenvalue weighted by Crippen LogP contribution is -2.41. The van der Waals surface area contributed by atoms with Crippen LogP contribution in [0.5, 0.6) is 5.75 Å². The van der Waals surface area contributed by atoms with Crippen LogP contribution in [0.2, 0.25) is 0 Å². The summed E-state index contributed by atoms with van der Waals surface area (Å²) in [4.78, 5) is 41.2. The van der Waals surface area contributed by atoms with Crippen molar-refractivity contribution in [3.05, 3.63) is 30.0 Å². The lowest BCUT2D eigenvalue weighted by atomic mass is 9.90. The quantitative estimate of drug-likeness (QED) is 0.411. The van der Waals surface area contributed by atoms with Gasteiger partial charge >= 0.3 is 0 Å². The molecule has 0 aliphatic carbocycles. The molecular weight excluding hydrogens is 432 g/mol. The molecule has 0 saturated carbocycles. The molecule has 1 saturated heterocycles. The van der Waals surface area contributed by atoms with E-state index in [4.69, 9.17) is 4.74 Å². The van der Waals surface area contributed by atoms with Gasteiger partial charge in [0.25, 0.3) is 0 Å². The normalized spacial score (nSPS) is 17.3. The summed E-state index contributed by atoms with van der Waals surface area (Å²) in [5.41, 5.74) is 1.24. The van der Waals surface area contributed by atoms with Crippen molar-refractivity contribution in [1.82, 2.24) is 15.6 Å². The molecule has 182 valence electrons. The van der Waals surface area contributed by atoms with Gasteiger partial charge in [-0.2, -0.15) is 5.26 Å². The van der Waals surface area contributed by atoms with Crippen molar-refractivity contribution in [2.24, 2.45) is 17.8 Å². The second kappa shape index (κ2) is 11.7. The van der Waals surface area contributed by atoms with E-state index in [0.29, 0.717) is 31.7 Å². The Balaban J connectivity index is 1.71. The maximum absolute atomic E-state index is 13.1. The van der Waals surface area contributed by atoms with E-state index >= 15 is 0 Å². The van der Waals surface area contributed by atoms with Crippen LogP contribution in [0.1, 0.15) is 63.4 Å². The van der Waals surface area contributed by atoms with Crippen molar-refractivity contribution in [3.8, 4) is 11.8 Å². The van der Waals surface area contributed by atoms with E-state index < -0.39 is 12.0 Å². The van der Waals surface area contributed by atoms with Crippen molar-refractivity contribution in [2.45, 2.75) is 58.9 Å². The molecule has 2 aromatic rings. The second-order valence-corrected chi connectivity index (χ2v) is 9.41. The minimum absolute atomic E-state index is 0.0318. The van der Waals surface area contributed by atoms with Crippen LogP contribution in [0.3, 0.4) is 0 Å². The summed E-state index contributed by atoms with van der Waals surface area (Å²) in [6.45, 7) is 7.21. The second-order valence-electron chi connectivity index (χ2n) is 9.41. The Morgan fingerprint density at radius 2 is 2.12 bits per heavy atom. The summed E-state index contributed by atoms with van der Waals surface area (Å²) in [5.74, 6) is -0.490. The van der Waals surface area contributed by atoms with Gasteiger partial charge in [0.15, 0.2) is 5.78 Å². The van der Waals surface area contributed by atoms with Crippen molar-refractivity contribution in [2.75, 3.05) is 13.2 Å². The zero-order valence-electron chi connectivity index (χ0n) is 20.1. The van der Waals surface area contributed by atoms with E-state index in [9.17, 15) is 19.6 Å². The Bertz CT molecular complexity index is 1070. The van der Waals surface area contributed by atoms with Crippen molar-refractivity contribution in [1.29, 1.82) is 5.26 Å². The van der Waals surface area contributed by atoms with Crippen molar-refractivity contribution >= 4 is 28.5 Å². The van der Waals surface area contributed by atoms with Gasteiger partial charge in [0, 0.05) is 35.7 Å². The van der Waals surface area contributed by atoms with Crippen molar-refractivity contribution in [3.63, 3.8) is 0 Å². The van der Waals surface area contributed by atoms with Gasteiger partial charge in [-0.05, 0) is 49.8 Å². The monoisotopic (exact) mass is 466 g/mol. The van der Waals surface area contributed by atoms with Gasteiger partial charge in [-0.1, -0.05) is 26.8 Å². The number of nitrogens with zero attached hydrogens (tertiary/aromatic N) is 1. The van der Waals surface area contributed by atoms with Gasteiger partial charge in [0.05, 0.1) is 18.4 Å². The molecule has 1 aliphatic heterocycles. The summed E-state index contributed by atoms with van der Waals surface area (Å²) in [7, 11) is 0. The summed E-state index contributed by atoms with van der Waals surface area (Å²) in [5, 5.41) is 15.9. The van der Waals surface area contributed by atoms with E-state index in [1.165, 1.54) is 0 Å². The molecule has 1 aliphatic rings. The number of ketones is 1. The Labute approximate surface area is 200 Å². The number of ether oxygens (including phenoxy) is 1. The number of aromatic amines is 1. The first-order chi connectivity index (χ1) is 16.3. The summed E-state index contributed by atoms with van der Waals surface area (Å²) in [6, 6.07) is 8.75. The van der Waals surface area contributed by atoms with Gasteiger partial charge < -0.3 is 20.4 Å². The van der Waals surface area contributed by atoms with E-state index in [2.05, 4.69) is 21.7 Å². The average molecular weight is 467 g/mol. The number of carbonyl (C=O) groups excluding carboxylic acids is 3. The van der Waals surface area contributed by atoms with Crippen LogP contribution in [0, 0.1) is 29.1 Å². The van der Waals surface area contributed by atoms with E-state index in [-0.39, 0.29) is 42.3 Å². The Kier molecular flexibility index (Phi) is 8.69. The number of nitriles is 1. The topological polar surface area (TPSA) is 124 Å². The molecule has 1 aromatic heterocycles. The van der Waals surface area contributed by atoms with Gasteiger partial charge in [-0.15, -0.1) is 0 Å². The number of nitrogens with one attached hydrogen (secondary N) is 3. The molecule has 1 aromatic carbocycles. The third-order valence-electron chi connectivity index (χ3n) is 6.10. The molecule has 3 N–H and O–H groups in total. The summed E-state index contributed by atoms with van der Waals surface area (Å²) >= 11 is 0.